The molecule has 8 heteroatoms. The molecule has 0 amide bonds. The van der Waals surface area contributed by atoms with E-state index in [1.807, 2.05) is 0 Å². The minimum atomic E-state index is 0. The molecule has 1 aliphatic heterocycles. The lowest BCUT2D eigenvalue weighted by Crippen LogP contribution is -2.39. The van der Waals surface area contributed by atoms with E-state index in [-0.39, 0.29) is 24.0 Å². The van der Waals surface area contributed by atoms with E-state index in [0.29, 0.717) is 0 Å². The van der Waals surface area contributed by atoms with E-state index >= 15 is 0 Å². The van der Waals surface area contributed by atoms with Gasteiger partial charge in [0.2, 0.25) is 0 Å². The highest BCUT2D eigenvalue weighted by molar-refractivity contribution is 14.0. The molecule has 2 N–H and O–H groups in total. The second-order valence-electron chi connectivity index (χ2n) is 7.24. The highest BCUT2D eigenvalue weighted by Gasteiger charge is 2.15. The van der Waals surface area contributed by atoms with Crippen LogP contribution in [-0.4, -0.2) is 64.9 Å². The molecule has 1 aliphatic rings. The Labute approximate surface area is 181 Å². The van der Waals surface area contributed by atoms with Crippen LogP contribution < -0.4 is 10.6 Å². The largest absolute Gasteiger partial charge is 0.357 e. The lowest BCUT2D eigenvalue weighted by Gasteiger charge is -2.30. The molecule has 2 rings (SSSR count). The summed E-state index contributed by atoms with van der Waals surface area (Å²) in [6.45, 7) is 13.8. The molecule has 0 bridgehead atoms. The molecule has 1 atom stereocenters. The Morgan fingerprint density at radius 2 is 2.11 bits per heavy atom. The minimum absolute atomic E-state index is 0. The van der Waals surface area contributed by atoms with Crippen LogP contribution in [0.2, 0.25) is 0 Å². The second kappa shape index (κ2) is 14.1. The zero-order valence-corrected chi connectivity index (χ0v) is 19.6. The van der Waals surface area contributed by atoms with E-state index in [9.17, 15) is 0 Å². The van der Waals surface area contributed by atoms with Crippen LogP contribution >= 0.6 is 24.0 Å². The van der Waals surface area contributed by atoms with Crippen molar-refractivity contribution < 1.29 is 0 Å². The maximum absolute atomic E-state index is 4.71. The Kier molecular flexibility index (Phi) is 12.6. The van der Waals surface area contributed by atoms with Gasteiger partial charge in [-0.2, -0.15) is 0 Å². The first-order valence-corrected chi connectivity index (χ1v) is 10.3. The first kappa shape index (κ1) is 24.1. The Morgan fingerprint density at radius 1 is 1.26 bits per heavy atom. The number of hydrogen-bond acceptors (Lipinski definition) is 4. The molecule has 156 valence electrons. The van der Waals surface area contributed by atoms with E-state index in [0.717, 1.165) is 56.7 Å². The molecule has 1 fully saturated rings. The molecule has 0 aromatic carbocycles. The molecule has 27 heavy (non-hydrogen) atoms. The third kappa shape index (κ3) is 9.23. The molecule has 1 unspecified atom stereocenters. The van der Waals surface area contributed by atoms with Crippen LogP contribution in [0.4, 0.5) is 0 Å². The van der Waals surface area contributed by atoms with Crippen molar-refractivity contribution in [3.8, 4) is 0 Å². The lowest BCUT2D eigenvalue weighted by molar-refractivity contribution is 0.181. The standard InChI is InChI=1S/C19H37N7.HI/c1-4-18-24-23-16-26(18)14-11-22-19(20-5-2)21-10-6-7-12-25-13-8-9-17(3)15-25;/h16-17H,4-15H2,1-3H3,(H2,20,21,22);1H. The van der Waals surface area contributed by atoms with Gasteiger partial charge in [0.05, 0.1) is 0 Å². The number of nitrogens with one attached hydrogen (secondary N) is 2. The number of aryl methyl sites for hydroxylation is 1. The van der Waals surface area contributed by atoms with Gasteiger partial charge in [-0.05, 0) is 51.6 Å². The van der Waals surface area contributed by atoms with Crippen molar-refractivity contribution in [1.29, 1.82) is 0 Å². The smallest absolute Gasteiger partial charge is 0.191 e. The molecule has 0 aliphatic carbocycles. The average molecular weight is 491 g/mol. The molecule has 0 saturated carbocycles. The predicted molar refractivity (Wildman–Crippen MR) is 123 cm³/mol. The van der Waals surface area contributed by atoms with E-state index in [1.165, 1.54) is 38.9 Å². The number of guanidine groups is 1. The van der Waals surface area contributed by atoms with E-state index < -0.39 is 0 Å². The van der Waals surface area contributed by atoms with Crippen molar-refractivity contribution in [2.45, 2.75) is 59.4 Å². The van der Waals surface area contributed by atoms with E-state index in [4.69, 9.17) is 4.99 Å². The highest BCUT2D eigenvalue weighted by atomic mass is 127. The molecule has 1 aromatic rings. The SMILES string of the molecule is CCNC(=NCCCCN1CCCC(C)C1)NCCn1cnnc1CC.I. The fourth-order valence-electron chi connectivity index (χ4n) is 3.50. The van der Waals surface area contributed by atoms with Gasteiger partial charge in [-0.3, -0.25) is 4.99 Å². The molecular weight excluding hydrogens is 453 g/mol. The zero-order valence-electron chi connectivity index (χ0n) is 17.3. The number of nitrogens with zero attached hydrogens (tertiary/aromatic N) is 5. The predicted octanol–water partition coefficient (Wildman–Crippen LogP) is 2.53. The van der Waals surface area contributed by atoms with Crippen LogP contribution in [0.5, 0.6) is 0 Å². The molecule has 1 aromatic heterocycles. The molecule has 0 radical (unpaired) electrons. The Morgan fingerprint density at radius 3 is 2.85 bits per heavy atom. The number of unbranched alkanes of at least 4 members (excludes halogenated alkanes) is 1. The van der Waals surface area contributed by atoms with Gasteiger partial charge in [0.25, 0.3) is 0 Å². The van der Waals surface area contributed by atoms with Crippen molar-refractivity contribution >= 4 is 29.9 Å². The van der Waals surface area contributed by atoms with Gasteiger partial charge in [-0.1, -0.05) is 13.8 Å². The van der Waals surface area contributed by atoms with Gasteiger partial charge in [-0.15, -0.1) is 34.2 Å². The van der Waals surface area contributed by atoms with Crippen molar-refractivity contribution in [1.82, 2.24) is 30.3 Å². The number of rotatable bonds is 10. The van der Waals surface area contributed by atoms with Crippen molar-refractivity contribution in [2.75, 3.05) is 39.3 Å². The summed E-state index contributed by atoms with van der Waals surface area (Å²) in [5, 5.41) is 14.8. The molecule has 1 saturated heterocycles. The second-order valence-corrected chi connectivity index (χ2v) is 7.24. The molecule has 0 spiro atoms. The number of piperidine rings is 1. The van der Waals surface area contributed by atoms with Gasteiger partial charge < -0.3 is 20.1 Å². The summed E-state index contributed by atoms with van der Waals surface area (Å²) >= 11 is 0. The summed E-state index contributed by atoms with van der Waals surface area (Å²) < 4.78 is 2.09. The average Bonchev–Trinajstić information content (AvgIpc) is 3.09. The number of likely N-dealkylation sites (tertiary alicyclic amines) is 1. The van der Waals surface area contributed by atoms with Gasteiger partial charge >= 0.3 is 0 Å². The quantitative estimate of drug-likeness (QED) is 0.228. The normalized spacial score (nSPS) is 18.2. The summed E-state index contributed by atoms with van der Waals surface area (Å²) in [4.78, 5) is 7.32. The van der Waals surface area contributed by atoms with Gasteiger partial charge in [0.1, 0.15) is 12.2 Å². The Bertz CT molecular complexity index is 532. The number of halogens is 1. The maximum Gasteiger partial charge on any atom is 0.191 e. The van der Waals surface area contributed by atoms with Crippen LogP contribution in [0, 0.1) is 5.92 Å². The number of aliphatic imine (C=N–C) groups is 1. The molecular formula is C19H38IN7. The van der Waals surface area contributed by atoms with Crippen molar-refractivity contribution in [3.63, 3.8) is 0 Å². The molecule has 7 nitrogen and oxygen atoms in total. The van der Waals surface area contributed by atoms with Crippen LogP contribution in [0.1, 0.15) is 52.3 Å². The number of aromatic nitrogens is 3. The first-order chi connectivity index (χ1) is 12.7. The Hall–Kier alpha value is -0.900. The summed E-state index contributed by atoms with van der Waals surface area (Å²) in [5.74, 6) is 2.80. The van der Waals surface area contributed by atoms with E-state index in [2.05, 4.69) is 51.1 Å². The first-order valence-electron chi connectivity index (χ1n) is 10.3. The monoisotopic (exact) mass is 491 g/mol. The van der Waals surface area contributed by atoms with Gasteiger partial charge in [-0.25, -0.2) is 0 Å². The van der Waals surface area contributed by atoms with Crippen LogP contribution in [0.15, 0.2) is 11.3 Å². The third-order valence-corrected chi connectivity index (χ3v) is 4.89. The summed E-state index contributed by atoms with van der Waals surface area (Å²) in [7, 11) is 0. The molecule has 2 heterocycles. The minimum Gasteiger partial charge on any atom is -0.357 e. The van der Waals surface area contributed by atoms with Crippen molar-refractivity contribution in [2.24, 2.45) is 10.9 Å². The zero-order chi connectivity index (χ0) is 18.6. The highest BCUT2D eigenvalue weighted by Crippen LogP contribution is 2.15. The van der Waals surface area contributed by atoms with Gasteiger partial charge in [0.15, 0.2) is 5.96 Å². The fourth-order valence-corrected chi connectivity index (χ4v) is 3.50. The van der Waals surface area contributed by atoms with Crippen LogP contribution in [0.25, 0.3) is 0 Å². The summed E-state index contributed by atoms with van der Waals surface area (Å²) in [6, 6.07) is 0. The fraction of sp³-hybridized carbons (Fsp3) is 0.842. The summed E-state index contributed by atoms with van der Waals surface area (Å²) in [6.07, 6.45) is 7.84. The summed E-state index contributed by atoms with van der Waals surface area (Å²) in [5.41, 5.74) is 0. The van der Waals surface area contributed by atoms with Crippen molar-refractivity contribution in [3.05, 3.63) is 12.2 Å². The van der Waals surface area contributed by atoms with Gasteiger partial charge in [0, 0.05) is 39.1 Å². The maximum atomic E-state index is 4.71. The van der Waals surface area contributed by atoms with Crippen LogP contribution in [-0.2, 0) is 13.0 Å². The van der Waals surface area contributed by atoms with Crippen LogP contribution in [0.3, 0.4) is 0 Å². The lowest BCUT2D eigenvalue weighted by atomic mass is 10.0. The van der Waals surface area contributed by atoms with E-state index in [1.54, 1.807) is 6.33 Å². The number of hydrogen-bond donors (Lipinski definition) is 2. The third-order valence-electron chi connectivity index (χ3n) is 4.89. The Balaban J connectivity index is 0.00000364. The topological polar surface area (TPSA) is 70.4 Å².